The van der Waals surface area contributed by atoms with Crippen LogP contribution in [0.4, 0.5) is 0 Å². The van der Waals surface area contributed by atoms with Crippen molar-refractivity contribution in [2.24, 2.45) is 0 Å². The standard InChI is InChI=1S/C17H17ClN2O/c18-16-14-10-21-9-8-15(14)19-17(20-16)13-7-3-5-11-4-1-2-6-12(11)13/h1-2,4,6,13H,3,5,7-10H2. The van der Waals surface area contributed by atoms with Crippen molar-refractivity contribution in [3.8, 4) is 0 Å². The summed E-state index contributed by atoms with van der Waals surface area (Å²) >= 11 is 6.36. The van der Waals surface area contributed by atoms with Gasteiger partial charge < -0.3 is 4.74 Å². The van der Waals surface area contributed by atoms with Crippen LogP contribution in [-0.2, 0) is 24.2 Å². The summed E-state index contributed by atoms with van der Waals surface area (Å²) in [6.45, 7) is 1.26. The Bertz CT molecular complexity index is 686. The average molecular weight is 301 g/mol. The Hall–Kier alpha value is -1.45. The van der Waals surface area contributed by atoms with Crippen LogP contribution in [0.2, 0.25) is 5.15 Å². The predicted molar refractivity (Wildman–Crippen MR) is 81.6 cm³/mol. The summed E-state index contributed by atoms with van der Waals surface area (Å²) in [6, 6.07) is 8.64. The van der Waals surface area contributed by atoms with Crippen LogP contribution in [-0.4, -0.2) is 16.6 Å². The van der Waals surface area contributed by atoms with Gasteiger partial charge in [0.15, 0.2) is 0 Å². The van der Waals surface area contributed by atoms with Crippen LogP contribution in [0.5, 0.6) is 0 Å². The van der Waals surface area contributed by atoms with E-state index >= 15 is 0 Å². The summed E-state index contributed by atoms with van der Waals surface area (Å²) in [5.41, 5.74) is 4.83. The molecule has 1 aliphatic carbocycles. The Morgan fingerprint density at radius 2 is 2.05 bits per heavy atom. The lowest BCUT2D eigenvalue weighted by Gasteiger charge is -2.26. The summed E-state index contributed by atoms with van der Waals surface area (Å²) in [5.74, 6) is 1.16. The van der Waals surface area contributed by atoms with Crippen molar-refractivity contribution in [3.05, 3.63) is 57.6 Å². The lowest BCUT2D eigenvalue weighted by Crippen LogP contribution is -2.19. The number of benzene rings is 1. The number of rotatable bonds is 1. The summed E-state index contributed by atoms with van der Waals surface area (Å²) in [6.07, 6.45) is 4.27. The first-order valence-corrected chi connectivity index (χ1v) is 7.91. The highest BCUT2D eigenvalue weighted by Crippen LogP contribution is 2.36. The highest BCUT2D eigenvalue weighted by Gasteiger charge is 2.26. The SMILES string of the molecule is Clc1nc(C2CCCc3ccccc32)nc2c1COCC2. The van der Waals surface area contributed by atoms with E-state index in [0.717, 1.165) is 43.0 Å². The molecule has 0 N–H and O–H groups in total. The molecular weight excluding hydrogens is 284 g/mol. The Morgan fingerprint density at radius 3 is 3.00 bits per heavy atom. The van der Waals surface area contributed by atoms with Gasteiger partial charge in [0.1, 0.15) is 11.0 Å². The Balaban J connectivity index is 1.79. The first-order chi connectivity index (χ1) is 10.3. The molecule has 0 bridgehead atoms. The molecule has 1 aromatic carbocycles. The molecule has 4 heteroatoms. The zero-order chi connectivity index (χ0) is 14.2. The van der Waals surface area contributed by atoms with E-state index in [0.29, 0.717) is 11.8 Å². The number of aryl methyl sites for hydroxylation is 1. The molecule has 0 saturated carbocycles. The number of fused-ring (bicyclic) bond motifs is 2. The maximum absolute atomic E-state index is 6.36. The van der Waals surface area contributed by atoms with Gasteiger partial charge in [-0.2, -0.15) is 0 Å². The monoisotopic (exact) mass is 300 g/mol. The van der Waals surface area contributed by atoms with Crippen molar-refractivity contribution in [2.75, 3.05) is 6.61 Å². The van der Waals surface area contributed by atoms with Crippen LogP contribution >= 0.6 is 11.6 Å². The van der Waals surface area contributed by atoms with Crippen LogP contribution < -0.4 is 0 Å². The minimum Gasteiger partial charge on any atom is -0.376 e. The predicted octanol–water partition coefficient (Wildman–Crippen LogP) is 3.67. The van der Waals surface area contributed by atoms with Crippen molar-refractivity contribution >= 4 is 11.6 Å². The lowest BCUT2D eigenvalue weighted by molar-refractivity contribution is 0.108. The third-order valence-corrected chi connectivity index (χ3v) is 4.78. The second kappa shape index (κ2) is 5.39. The van der Waals surface area contributed by atoms with Crippen molar-refractivity contribution in [1.82, 2.24) is 9.97 Å². The summed E-state index contributed by atoms with van der Waals surface area (Å²) in [4.78, 5) is 9.40. The van der Waals surface area contributed by atoms with E-state index in [1.807, 2.05) is 0 Å². The van der Waals surface area contributed by atoms with Crippen LogP contribution in [0, 0.1) is 0 Å². The molecule has 2 heterocycles. The van der Waals surface area contributed by atoms with E-state index in [-0.39, 0.29) is 5.92 Å². The molecule has 0 fully saturated rings. The van der Waals surface area contributed by atoms with E-state index < -0.39 is 0 Å². The third kappa shape index (κ3) is 2.34. The number of hydrogen-bond acceptors (Lipinski definition) is 3. The normalized spacial score (nSPS) is 20.7. The van der Waals surface area contributed by atoms with Crippen molar-refractivity contribution in [3.63, 3.8) is 0 Å². The van der Waals surface area contributed by atoms with Crippen LogP contribution in [0.25, 0.3) is 0 Å². The zero-order valence-corrected chi connectivity index (χ0v) is 12.6. The van der Waals surface area contributed by atoms with Gasteiger partial charge in [-0.15, -0.1) is 0 Å². The summed E-state index contributed by atoms with van der Waals surface area (Å²) in [7, 11) is 0. The van der Waals surface area contributed by atoms with Crippen molar-refractivity contribution < 1.29 is 4.74 Å². The molecule has 0 saturated heterocycles. The maximum atomic E-state index is 6.36. The molecule has 0 amide bonds. The van der Waals surface area contributed by atoms with Gasteiger partial charge in [-0.3, -0.25) is 0 Å². The highest BCUT2D eigenvalue weighted by atomic mass is 35.5. The van der Waals surface area contributed by atoms with Gasteiger partial charge in [-0.05, 0) is 30.4 Å². The number of ether oxygens (including phenoxy) is 1. The Kier molecular flexibility index (Phi) is 3.40. The number of halogens is 1. The number of hydrogen-bond donors (Lipinski definition) is 0. The smallest absolute Gasteiger partial charge is 0.138 e. The van der Waals surface area contributed by atoms with Crippen molar-refractivity contribution in [2.45, 2.75) is 38.2 Å². The van der Waals surface area contributed by atoms with Gasteiger partial charge in [0, 0.05) is 17.9 Å². The fourth-order valence-electron chi connectivity index (χ4n) is 3.39. The van der Waals surface area contributed by atoms with Crippen LogP contribution in [0.1, 0.15) is 47.0 Å². The van der Waals surface area contributed by atoms with Crippen molar-refractivity contribution in [1.29, 1.82) is 0 Å². The van der Waals surface area contributed by atoms with E-state index in [9.17, 15) is 0 Å². The minimum atomic E-state index is 0.278. The first kappa shape index (κ1) is 13.2. The largest absolute Gasteiger partial charge is 0.376 e. The molecule has 108 valence electrons. The molecule has 21 heavy (non-hydrogen) atoms. The maximum Gasteiger partial charge on any atom is 0.138 e. The van der Waals surface area contributed by atoms with Gasteiger partial charge in [0.05, 0.1) is 18.9 Å². The van der Waals surface area contributed by atoms with Gasteiger partial charge in [-0.1, -0.05) is 35.9 Å². The van der Waals surface area contributed by atoms with E-state index in [4.69, 9.17) is 21.3 Å². The minimum absolute atomic E-state index is 0.278. The fraction of sp³-hybridized carbons (Fsp3) is 0.412. The molecule has 3 nitrogen and oxygen atoms in total. The molecular formula is C17H17ClN2O. The molecule has 1 aliphatic heterocycles. The molecule has 1 aromatic heterocycles. The topological polar surface area (TPSA) is 35.0 Å². The number of nitrogens with zero attached hydrogens (tertiary/aromatic N) is 2. The highest BCUT2D eigenvalue weighted by molar-refractivity contribution is 6.30. The second-order valence-corrected chi connectivity index (χ2v) is 6.10. The molecule has 1 atom stereocenters. The first-order valence-electron chi connectivity index (χ1n) is 7.53. The number of aromatic nitrogens is 2. The van der Waals surface area contributed by atoms with E-state index in [1.165, 1.54) is 17.5 Å². The van der Waals surface area contributed by atoms with E-state index in [1.54, 1.807) is 0 Å². The van der Waals surface area contributed by atoms with Gasteiger partial charge in [0.25, 0.3) is 0 Å². The Labute approximate surface area is 129 Å². The summed E-state index contributed by atoms with van der Waals surface area (Å²) in [5, 5.41) is 0.567. The molecule has 2 aliphatic rings. The quantitative estimate of drug-likeness (QED) is 0.754. The van der Waals surface area contributed by atoms with Crippen LogP contribution in [0.3, 0.4) is 0 Å². The molecule has 2 aromatic rings. The van der Waals surface area contributed by atoms with Crippen LogP contribution in [0.15, 0.2) is 24.3 Å². The van der Waals surface area contributed by atoms with Gasteiger partial charge in [-0.25, -0.2) is 9.97 Å². The second-order valence-electron chi connectivity index (χ2n) is 5.74. The van der Waals surface area contributed by atoms with Gasteiger partial charge >= 0.3 is 0 Å². The third-order valence-electron chi connectivity index (χ3n) is 4.47. The summed E-state index contributed by atoms with van der Waals surface area (Å²) < 4.78 is 5.45. The molecule has 1 unspecified atom stereocenters. The zero-order valence-electron chi connectivity index (χ0n) is 11.8. The van der Waals surface area contributed by atoms with E-state index in [2.05, 4.69) is 29.2 Å². The fourth-order valence-corrected chi connectivity index (χ4v) is 3.64. The molecule has 0 radical (unpaired) electrons. The molecule has 4 rings (SSSR count). The average Bonchev–Trinajstić information content (AvgIpc) is 2.54. The Morgan fingerprint density at radius 1 is 1.14 bits per heavy atom. The molecule has 0 spiro atoms. The lowest BCUT2D eigenvalue weighted by atomic mass is 9.82. The van der Waals surface area contributed by atoms with Gasteiger partial charge in [0.2, 0.25) is 0 Å².